The molecular formula is C14H12N4O4. The van der Waals surface area contributed by atoms with Gasteiger partial charge in [-0.15, -0.1) is 0 Å². The van der Waals surface area contributed by atoms with Gasteiger partial charge >= 0.3 is 5.97 Å². The normalized spacial score (nSPS) is 10.0. The fourth-order valence-corrected chi connectivity index (χ4v) is 1.98. The van der Waals surface area contributed by atoms with Crippen molar-refractivity contribution in [2.75, 3.05) is 4.90 Å². The summed E-state index contributed by atoms with van der Waals surface area (Å²) in [5, 5.41) is 27.6. The van der Waals surface area contributed by atoms with E-state index in [1.54, 1.807) is 12.1 Å². The molecule has 112 valence electrons. The third-order valence-corrected chi connectivity index (χ3v) is 2.93. The lowest BCUT2D eigenvalue weighted by Crippen LogP contribution is -2.33. The molecule has 0 saturated heterocycles. The van der Waals surface area contributed by atoms with Crippen molar-refractivity contribution in [3.05, 3.63) is 64.2 Å². The van der Waals surface area contributed by atoms with Crippen LogP contribution in [-0.2, 0) is 0 Å². The lowest BCUT2D eigenvalue weighted by molar-refractivity contribution is -0.384. The number of non-ortho nitro benzene ring substituents is 1. The van der Waals surface area contributed by atoms with E-state index >= 15 is 0 Å². The molecule has 0 bridgehead atoms. The Balaban J connectivity index is 2.54. The zero-order valence-corrected chi connectivity index (χ0v) is 11.3. The lowest BCUT2D eigenvalue weighted by atomic mass is 10.1. The van der Waals surface area contributed by atoms with Gasteiger partial charge in [0.15, 0.2) is 5.96 Å². The molecule has 0 radical (unpaired) electrons. The molecule has 8 nitrogen and oxygen atoms in total. The van der Waals surface area contributed by atoms with E-state index in [2.05, 4.69) is 0 Å². The minimum atomic E-state index is -1.16. The fourth-order valence-electron chi connectivity index (χ4n) is 1.98. The molecule has 0 aliphatic rings. The van der Waals surface area contributed by atoms with Crippen LogP contribution in [0, 0.1) is 15.5 Å². The highest BCUT2D eigenvalue weighted by Crippen LogP contribution is 2.29. The number of hydrogen-bond acceptors (Lipinski definition) is 4. The Morgan fingerprint density at radius 1 is 1.18 bits per heavy atom. The molecule has 0 heterocycles. The Kier molecular flexibility index (Phi) is 4.03. The zero-order chi connectivity index (χ0) is 16.3. The monoisotopic (exact) mass is 300 g/mol. The maximum absolute atomic E-state index is 11.3. The highest BCUT2D eigenvalue weighted by atomic mass is 16.6. The Labute approximate surface area is 125 Å². The predicted octanol–water partition coefficient (Wildman–Crippen LogP) is 2.32. The quantitative estimate of drug-likeness (QED) is 0.343. The van der Waals surface area contributed by atoms with Crippen LogP contribution in [0.4, 0.5) is 17.1 Å². The van der Waals surface area contributed by atoms with E-state index < -0.39 is 16.9 Å². The van der Waals surface area contributed by atoms with Gasteiger partial charge in [-0.25, -0.2) is 4.79 Å². The number of para-hydroxylation sites is 1. The van der Waals surface area contributed by atoms with Crippen LogP contribution in [-0.4, -0.2) is 22.0 Å². The van der Waals surface area contributed by atoms with Crippen LogP contribution in [0.5, 0.6) is 0 Å². The van der Waals surface area contributed by atoms with Crippen molar-refractivity contribution < 1.29 is 14.8 Å². The first kappa shape index (κ1) is 15.0. The maximum Gasteiger partial charge on any atom is 0.337 e. The first-order chi connectivity index (χ1) is 10.4. The summed E-state index contributed by atoms with van der Waals surface area (Å²) in [6.45, 7) is 0. The first-order valence-corrected chi connectivity index (χ1v) is 6.12. The summed E-state index contributed by atoms with van der Waals surface area (Å²) in [6.07, 6.45) is 0. The van der Waals surface area contributed by atoms with Gasteiger partial charge in [0, 0.05) is 17.8 Å². The number of nitro groups is 1. The number of carboxylic acid groups (broad SMARTS) is 1. The number of nitrogens with zero attached hydrogens (tertiary/aromatic N) is 2. The smallest absolute Gasteiger partial charge is 0.337 e. The van der Waals surface area contributed by atoms with Gasteiger partial charge in [-0.2, -0.15) is 0 Å². The average molecular weight is 300 g/mol. The molecule has 2 aromatic carbocycles. The molecule has 0 aliphatic carbocycles. The van der Waals surface area contributed by atoms with Gasteiger partial charge in [0.05, 0.1) is 16.2 Å². The molecule has 2 aromatic rings. The van der Waals surface area contributed by atoms with E-state index in [-0.39, 0.29) is 16.9 Å². The summed E-state index contributed by atoms with van der Waals surface area (Å²) in [7, 11) is 0. The highest BCUT2D eigenvalue weighted by Gasteiger charge is 2.20. The van der Waals surface area contributed by atoms with Crippen molar-refractivity contribution in [2.24, 2.45) is 5.73 Å². The number of hydrogen-bond donors (Lipinski definition) is 3. The minimum Gasteiger partial charge on any atom is -0.478 e. The molecule has 0 spiro atoms. The topological polar surface area (TPSA) is 134 Å². The summed E-state index contributed by atoms with van der Waals surface area (Å²) in [5.74, 6) is -1.56. The molecule has 0 aliphatic heterocycles. The zero-order valence-electron chi connectivity index (χ0n) is 11.3. The highest BCUT2D eigenvalue weighted by molar-refractivity contribution is 6.06. The van der Waals surface area contributed by atoms with Crippen LogP contribution in [0.3, 0.4) is 0 Å². The Morgan fingerprint density at radius 2 is 1.77 bits per heavy atom. The molecule has 4 N–H and O–H groups in total. The van der Waals surface area contributed by atoms with Gasteiger partial charge in [-0.1, -0.05) is 12.1 Å². The molecule has 22 heavy (non-hydrogen) atoms. The summed E-state index contributed by atoms with van der Waals surface area (Å²) < 4.78 is 0. The van der Waals surface area contributed by atoms with Gasteiger partial charge in [0.1, 0.15) is 0 Å². The largest absolute Gasteiger partial charge is 0.478 e. The molecule has 0 aromatic heterocycles. The number of carbonyl (C=O) groups is 1. The van der Waals surface area contributed by atoms with Crippen LogP contribution in [0.15, 0.2) is 48.5 Å². The Morgan fingerprint density at radius 3 is 2.27 bits per heavy atom. The van der Waals surface area contributed by atoms with Gasteiger partial charge in [-0.05, 0) is 24.3 Å². The number of nitrogens with two attached hydrogens (primary N) is 1. The van der Waals surface area contributed by atoms with E-state index in [1.807, 2.05) is 0 Å². The summed E-state index contributed by atoms with van der Waals surface area (Å²) in [6, 6.07) is 11.4. The summed E-state index contributed by atoms with van der Waals surface area (Å²) in [5.41, 5.74) is 5.96. The van der Waals surface area contributed by atoms with Gasteiger partial charge < -0.3 is 10.8 Å². The fraction of sp³-hybridized carbons (Fsp3) is 0. The standard InChI is InChI=1S/C14H12N4O4/c15-14(16)17(9-5-7-10(8-6-9)18(21)22)12-4-2-1-3-11(12)13(19)20/h1-8H,(H3,15,16)(H,19,20). The average Bonchev–Trinajstić information content (AvgIpc) is 2.48. The molecule has 8 heteroatoms. The van der Waals surface area contributed by atoms with Crippen molar-refractivity contribution in [3.63, 3.8) is 0 Å². The second-order valence-electron chi connectivity index (χ2n) is 4.32. The summed E-state index contributed by atoms with van der Waals surface area (Å²) >= 11 is 0. The molecule has 0 fully saturated rings. The van der Waals surface area contributed by atoms with E-state index in [9.17, 15) is 20.0 Å². The molecule has 0 saturated carbocycles. The number of rotatable bonds is 4. The Hall–Kier alpha value is -3.42. The number of aromatic carboxylic acids is 1. The van der Waals surface area contributed by atoms with E-state index in [0.717, 1.165) is 0 Å². The van der Waals surface area contributed by atoms with Crippen molar-refractivity contribution in [2.45, 2.75) is 0 Å². The van der Waals surface area contributed by atoms with Gasteiger partial charge in [0.2, 0.25) is 0 Å². The molecular weight excluding hydrogens is 288 g/mol. The van der Waals surface area contributed by atoms with Gasteiger partial charge in [0.25, 0.3) is 5.69 Å². The third kappa shape index (κ3) is 2.85. The number of nitrogens with one attached hydrogen (secondary N) is 1. The number of benzene rings is 2. The van der Waals surface area contributed by atoms with E-state index in [0.29, 0.717) is 5.69 Å². The molecule has 0 unspecified atom stereocenters. The van der Waals surface area contributed by atoms with Crippen molar-refractivity contribution >= 4 is 29.0 Å². The minimum absolute atomic E-state index is 0.0314. The predicted molar refractivity (Wildman–Crippen MR) is 80.6 cm³/mol. The molecule has 0 atom stereocenters. The van der Waals surface area contributed by atoms with Crippen LogP contribution >= 0.6 is 0 Å². The number of carboxylic acids is 1. The number of nitro benzene ring substituents is 1. The Bertz CT molecular complexity index is 743. The van der Waals surface area contributed by atoms with E-state index in [4.69, 9.17) is 11.1 Å². The second kappa shape index (κ2) is 5.92. The van der Waals surface area contributed by atoms with Crippen molar-refractivity contribution in [1.29, 1.82) is 5.41 Å². The van der Waals surface area contributed by atoms with Crippen molar-refractivity contribution in [3.8, 4) is 0 Å². The number of anilines is 2. The van der Waals surface area contributed by atoms with Crippen LogP contribution in [0.1, 0.15) is 10.4 Å². The molecule has 2 rings (SSSR count). The van der Waals surface area contributed by atoms with Crippen molar-refractivity contribution in [1.82, 2.24) is 0 Å². The van der Waals surface area contributed by atoms with E-state index in [1.165, 1.54) is 41.3 Å². The van der Waals surface area contributed by atoms with Crippen LogP contribution in [0.25, 0.3) is 0 Å². The van der Waals surface area contributed by atoms with Gasteiger partial charge in [-0.3, -0.25) is 20.4 Å². The second-order valence-corrected chi connectivity index (χ2v) is 4.32. The lowest BCUT2D eigenvalue weighted by Gasteiger charge is -2.24. The third-order valence-electron chi connectivity index (χ3n) is 2.93. The molecule has 0 amide bonds. The van der Waals surface area contributed by atoms with Crippen LogP contribution < -0.4 is 10.6 Å². The van der Waals surface area contributed by atoms with Crippen LogP contribution in [0.2, 0.25) is 0 Å². The number of guanidine groups is 1. The SMILES string of the molecule is N=C(N)N(c1ccc([N+](=O)[O-])cc1)c1ccccc1C(=O)O. The summed E-state index contributed by atoms with van der Waals surface area (Å²) in [4.78, 5) is 22.6. The maximum atomic E-state index is 11.3. The first-order valence-electron chi connectivity index (χ1n) is 6.12.